The van der Waals surface area contributed by atoms with Gasteiger partial charge in [0.1, 0.15) is 12.4 Å². The van der Waals surface area contributed by atoms with Gasteiger partial charge in [-0.3, -0.25) is 14.5 Å². The van der Waals surface area contributed by atoms with Crippen LogP contribution in [-0.2, 0) is 14.3 Å². The molecule has 1 heterocycles. The highest BCUT2D eigenvalue weighted by atomic mass is 16.5. The zero-order valence-corrected chi connectivity index (χ0v) is 11.5. The predicted molar refractivity (Wildman–Crippen MR) is 76.6 cm³/mol. The van der Waals surface area contributed by atoms with E-state index in [2.05, 4.69) is 5.92 Å². The fourth-order valence-corrected chi connectivity index (χ4v) is 1.78. The Balaban J connectivity index is 1.59. The van der Waals surface area contributed by atoms with E-state index in [9.17, 15) is 9.59 Å². The third-order valence-corrected chi connectivity index (χ3v) is 2.88. The highest BCUT2D eigenvalue weighted by molar-refractivity contribution is 6.12. The van der Waals surface area contributed by atoms with Crippen molar-refractivity contribution in [3.8, 4) is 18.1 Å². The summed E-state index contributed by atoms with van der Waals surface area (Å²) < 4.78 is 10.8. The molecule has 0 aliphatic carbocycles. The van der Waals surface area contributed by atoms with Crippen molar-refractivity contribution in [2.24, 2.45) is 0 Å². The summed E-state index contributed by atoms with van der Waals surface area (Å²) in [6.07, 6.45) is 7.77. The summed E-state index contributed by atoms with van der Waals surface area (Å²) in [5.74, 6) is 2.65. The molecule has 1 aliphatic heterocycles. The van der Waals surface area contributed by atoms with Crippen molar-refractivity contribution in [3.63, 3.8) is 0 Å². The molecule has 0 spiro atoms. The summed E-state index contributed by atoms with van der Waals surface area (Å²) in [6.45, 7) is 1.30. The summed E-state index contributed by atoms with van der Waals surface area (Å²) in [5, 5.41) is 0. The van der Waals surface area contributed by atoms with E-state index in [-0.39, 0.29) is 18.4 Å². The maximum atomic E-state index is 11.3. The fourth-order valence-electron chi connectivity index (χ4n) is 1.78. The third-order valence-electron chi connectivity index (χ3n) is 2.88. The Labute approximate surface area is 123 Å². The molecule has 0 aromatic heterocycles. The maximum absolute atomic E-state index is 11.3. The standard InChI is InChI=1S/C16H15NO4/c1-2-13-3-5-14(6-4-13)21-12-11-20-10-9-17-15(18)7-8-16(17)19/h1,3-8H,9-12H2. The number of hydrogen-bond donors (Lipinski definition) is 0. The molecule has 21 heavy (non-hydrogen) atoms. The van der Waals surface area contributed by atoms with Gasteiger partial charge in [0, 0.05) is 17.7 Å². The molecule has 0 fully saturated rings. The van der Waals surface area contributed by atoms with Gasteiger partial charge in [0.25, 0.3) is 11.8 Å². The number of nitrogens with zero attached hydrogens (tertiary/aromatic N) is 1. The Morgan fingerprint density at radius 2 is 1.67 bits per heavy atom. The van der Waals surface area contributed by atoms with Gasteiger partial charge in [0.15, 0.2) is 0 Å². The van der Waals surface area contributed by atoms with Crippen molar-refractivity contribution in [1.82, 2.24) is 4.90 Å². The zero-order chi connectivity index (χ0) is 15.1. The summed E-state index contributed by atoms with van der Waals surface area (Å²) in [6, 6.07) is 7.19. The van der Waals surface area contributed by atoms with Gasteiger partial charge in [0.05, 0.1) is 19.8 Å². The first-order chi connectivity index (χ1) is 10.2. The number of rotatable bonds is 7. The number of ether oxygens (including phenoxy) is 2. The molecule has 5 heteroatoms. The molecule has 0 atom stereocenters. The molecular formula is C16H15NO4. The van der Waals surface area contributed by atoms with E-state index in [0.29, 0.717) is 25.6 Å². The second-order valence-electron chi connectivity index (χ2n) is 4.29. The minimum absolute atomic E-state index is 0.252. The summed E-state index contributed by atoms with van der Waals surface area (Å²) in [7, 11) is 0. The number of amides is 2. The lowest BCUT2D eigenvalue weighted by Gasteiger charge is -2.13. The molecule has 0 radical (unpaired) electrons. The zero-order valence-electron chi connectivity index (χ0n) is 11.5. The van der Waals surface area contributed by atoms with Crippen LogP contribution in [0.25, 0.3) is 0 Å². The second-order valence-corrected chi connectivity index (χ2v) is 4.29. The van der Waals surface area contributed by atoms with Gasteiger partial charge < -0.3 is 9.47 Å². The average Bonchev–Trinajstić information content (AvgIpc) is 2.82. The maximum Gasteiger partial charge on any atom is 0.253 e. The fraction of sp³-hybridized carbons (Fsp3) is 0.250. The van der Waals surface area contributed by atoms with Gasteiger partial charge in [-0.25, -0.2) is 0 Å². The van der Waals surface area contributed by atoms with E-state index in [4.69, 9.17) is 15.9 Å². The van der Waals surface area contributed by atoms with Gasteiger partial charge in [-0.15, -0.1) is 6.42 Å². The molecule has 0 bridgehead atoms. The Kier molecular flexibility index (Phi) is 5.13. The van der Waals surface area contributed by atoms with Crippen LogP contribution in [0.1, 0.15) is 5.56 Å². The van der Waals surface area contributed by atoms with Crippen LogP contribution in [0.4, 0.5) is 0 Å². The van der Waals surface area contributed by atoms with Gasteiger partial charge in [-0.05, 0) is 24.3 Å². The van der Waals surface area contributed by atoms with Gasteiger partial charge in [0.2, 0.25) is 0 Å². The smallest absolute Gasteiger partial charge is 0.253 e. The lowest BCUT2D eigenvalue weighted by molar-refractivity contribution is -0.137. The minimum Gasteiger partial charge on any atom is -0.491 e. The molecule has 1 aromatic rings. The Morgan fingerprint density at radius 1 is 1.00 bits per heavy atom. The van der Waals surface area contributed by atoms with Crippen LogP contribution in [0.3, 0.4) is 0 Å². The largest absolute Gasteiger partial charge is 0.491 e. The van der Waals surface area contributed by atoms with E-state index < -0.39 is 0 Å². The monoisotopic (exact) mass is 285 g/mol. The average molecular weight is 285 g/mol. The molecular weight excluding hydrogens is 270 g/mol. The normalized spacial score (nSPS) is 13.6. The Morgan fingerprint density at radius 3 is 2.29 bits per heavy atom. The molecule has 5 nitrogen and oxygen atoms in total. The lowest BCUT2D eigenvalue weighted by atomic mass is 10.2. The Bertz CT molecular complexity index is 565. The topological polar surface area (TPSA) is 55.8 Å². The molecule has 2 amide bonds. The number of carbonyl (C=O) groups is 2. The van der Waals surface area contributed by atoms with Gasteiger partial charge >= 0.3 is 0 Å². The summed E-state index contributed by atoms with van der Waals surface area (Å²) >= 11 is 0. The molecule has 0 N–H and O–H groups in total. The number of benzene rings is 1. The molecule has 2 rings (SSSR count). The first-order valence-electron chi connectivity index (χ1n) is 6.51. The molecule has 1 aliphatic rings. The predicted octanol–water partition coefficient (Wildman–Crippen LogP) is 0.988. The number of terminal acetylenes is 1. The Hall–Kier alpha value is -2.58. The number of hydrogen-bond acceptors (Lipinski definition) is 4. The van der Waals surface area contributed by atoms with Crippen LogP contribution in [0.2, 0.25) is 0 Å². The molecule has 0 saturated heterocycles. The summed E-state index contributed by atoms with van der Waals surface area (Å²) in [4.78, 5) is 23.7. The van der Waals surface area contributed by atoms with E-state index in [1.54, 1.807) is 24.3 Å². The van der Waals surface area contributed by atoms with Crippen LogP contribution in [-0.4, -0.2) is 43.1 Å². The van der Waals surface area contributed by atoms with Crippen molar-refractivity contribution in [2.75, 3.05) is 26.4 Å². The van der Waals surface area contributed by atoms with Crippen LogP contribution in [0, 0.1) is 12.3 Å². The molecule has 1 aromatic carbocycles. The first-order valence-corrected chi connectivity index (χ1v) is 6.51. The highest BCUT2D eigenvalue weighted by Crippen LogP contribution is 2.11. The number of imide groups is 1. The molecule has 108 valence electrons. The van der Waals surface area contributed by atoms with Gasteiger partial charge in [-0.1, -0.05) is 5.92 Å². The van der Waals surface area contributed by atoms with Crippen molar-refractivity contribution >= 4 is 11.8 Å². The second kappa shape index (κ2) is 7.27. The van der Waals surface area contributed by atoms with Crippen molar-refractivity contribution in [1.29, 1.82) is 0 Å². The van der Waals surface area contributed by atoms with Crippen LogP contribution in [0.15, 0.2) is 36.4 Å². The van der Waals surface area contributed by atoms with E-state index >= 15 is 0 Å². The first kappa shape index (κ1) is 14.8. The highest BCUT2D eigenvalue weighted by Gasteiger charge is 2.22. The quantitative estimate of drug-likeness (QED) is 0.426. The van der Waals surface area contributed by atoms with Gasteiger partial charge in [-0.2, -0.15) is 0 Å². The number of carbonyl (C=O) groups excluding carboxylic acids is 2. The molecule has 0 unspecified atom stereocenters. The van der Waals surface area contributed by atoms with Crippen LogP contribution >= 0.6 is 0 Å². The molecule has 0 saturated carbocycles. The lowest BCUT2D eigenvalue weighted by Crippen LogP contribution is -2.33. The SMILES string of the molecule is C#Cc1ccc(OCCOCCN2C(=O)C=CC2=O)cc1. The van der Waals surface area contributed by atoms with E-state index in [0.717, 1.165) is 10.5 Å². The van der Waals surface area contributed by atoms with Crippen molar-refractivity contribution in [2.45, 2.75) is 0 Å². The van der Waals surface area contributed by atoms with Crippen molar-refractivity contribution in [3.05, 3.63) is 42.0 Å². The van der Waals surface area contributed by atoms with E-state index in [1.165, 1.54) is 12.2 Å². The van der Waals surface area contributed by atoms with E-state index in [1.807, 2.05) is 0 Å². The minimum atomic E-state index is -0.298. The van der Waals surface area contributed by atoms with Crippen molar-refractivity contribution < 1.29 is 19.1 Å². The van der Waals surface area contributed by atoms with Crippen LogP contribution < -0.4 is 4.74 Å². The third kappa shape index (κ3) is 4.20. The summed E-state index contributed by atoms with van der Waals surface area (Å²) in [5.41, 5.74) is 0.798. The van der Waals surface area contributed by atoms with Crippen LogP contribution in [0.5, 0.6) is 5.75 Å².